The maximum atomic E-state index is 12.3. The number of methoxy groups -OCH3 is 1. The van der Waals surface area contributed by atoms with E-state index in [0.717, 1.165) is 17.7 Å². The Labute approximate surface area is 154 Å². The third kappa shape index (κ3) is 5.95. The van der Waals surface area contributed by atoms with Crippen LogP contribution in [-0.2, 0) is 0 Å². The van der Waals surface area contributed by atoms with Crippen LogP contribution in [0.5, 0.6) is 11.5 Å². The van der Waals surface area contributed by atoms with Crippen LogP contribution in [0.4, 0.5) is 0 Å². The van der Waals surface area contributed by atoms with Crippen LogP contribution in [-0.4, -0.2) is 19.5 Å². The van der Waals surface area contributed by atoms with Crippen LogP contribution in [0.25, 0.3) is 6.08 Å². The van der Waals surface area contributed by atoms with E-state index >= 15 is 0 Å². The molecule has 0 aliphatic carbocycles. The minimum atomic E-state index is -0.0902. The fourth-order valence-corrected chi connectivity index (χ4v) is 2.35. The van der Waals surface area contributed by atoms with E-state index in [-0.39, 0.29) is 5.78 Å². The van der Waals surface area contributed by atoms with Crippen molar-refractivity contribution < 1.29 is 14.3 Å². The van der Waals surface area contributed by atoms with E-state index in [1.807, 2.05) is 12.1 Å². The molecule has 0 aromatic heterocycles. The largest absolute Gasteiger partial charge is 0.497 e. The molecule has 25 heavy (non-hydrogen) atoms. The number of carbonyl (C=O) groups excluding carboxylic acids is 1. The molecule has 0 bridgehead atoms. The van der Waals surface area contributed by atoms with Crippen LogP contribution >= 0.6 is 11.6 Å². The van der Waals surface area contributed by atoms with Crippen molar-refractivity contribution in [2.24, 2.45) is 5.92 Å². The molecule has 3 nitrogen and oxygen atoms in total. The van der Waals surface area contributed by atoms with E-state index in [2.05, 4.69) is 13.8 Å². The summed E-state index contributed by atoms with van der Waals surface area (Å²) in [5, 5.41) is 0.568. The molecule has 0 aliphatic rings. The summed E-state index contributed by atoms with van der Waals surface area (Å²) >= 11 is 6.14. The van der Waals surface area contributed by atoms with Gasteiger partial charge < -0.3 is 9.47 Å². The van der Waals surface area contributed by atoms with Gasteiger partial charge in [0.15, 0.2) is 5.78 Å². The highest BCUT2D eigenvalue weighted by atomic mass is 35.5. The SMILES string of the molecule is COc1ccc(Cl)c(C=CC(=O)c2ccc(OCCC(C)C)cc2)c1. The average molecular weight is 359 g/mol. The predicted octanol–water partition coefficient (Wildman–Crippen LogP) is 5.67. The summed E-state index contributed by atoms with van der Waals surface area (Å²) in [6, 6.07) is 12.5. The number of ketones is 1. The minimum absolute atomic E-state index is 0.0902. The lowest BCUT2D eigenvalue weighted by atomic mass is 10.1. The number of ether oxygens (including phenoxy) is 2. The molecule has 0 atom stereocenters. The molecule has 2 rings (SSSR count). The van der Waals surface area contributed by atoms with E-state index < -0.39 is 0 Å². The molecule has 0 saturated heterocycles. The second-order valence-corrected chi connectivity index (χ2v) is 6.55. The molecule has 2 aromatic carbocycles. The number of benzene rings is 2. The maximum absolute atomic E-state index is 12.3. The van der Waals surface area contributed by atoms with Crippen LogP contribution in [0.1, 0.15) is 36.2 Å². The first kappa shape index (κ1) is 19.1. The summed E-state index contributed by atoms with van der Waals surface area (Å²) < 4.78 is 10.8. The summed E-state index contributed by atoms with van der Waals surface area (Å²) in [5.74, 6) is 1.98. The number of hydrogen-bond donors (Lipinski definition) is 0. The van der Waals surface area contributed by atoms with Crippen molar-refractivity contribution in [3.8, 4) is 11.5 Å². The highest BCUT2D eigenvalue weighted by Gasteiger charge is 2.04. The van der Waals surface area contributed by atoms with Gasteiger partial charge in [-0.2, -0.15) is 0 Å². The Hall–Kier alpha value is -2.26. The van der Waals surface area contributed by atoms with E-state index in [9.17, 15) is 4.79 Å². The Morgan fingerprint density at radius 3 is 2.44 bits per heavy atom. The van der Waals surface area contributed by atoms with Crippen LogP contribution in [0, 0.1) is 5.92 Å². The van der Waals surface area contributed by atoms with Gasteiger partial charge in [-0.1, -0.05) is 25.4 Å². The Morgan fingerprint density at radius 2 is 1.80 bits per heavy atom. The van der Waals surface area contributed by atoms with Gasteiger partial charge in [0.25, 0.3) is 0 Å². The first-order valence-corrected chi connectivity index (χ1v) is 8.66. The summed E-state index contributed by atoms with van der Waals surface area (Å²) in [6.45, 7) is 5.00. The Balaban J connectivity index is 2.01. The lowest BCUT2D eigenvalue weighted by Crippen LogP contribution is -2.01. The molecule has 0 aliphatic heterocycles. The van der Waals surface area contributed by atoms with Crippen molar-refractivity contribution in [1.82, 2.24) is 0 Å². The zero-order chi connectivity index (χ0) is 18.2. The summed E-state index contributed by atoms with van der Waals surface area (Å²) in [5.41, 5.74) is 1.34. The number of carbonyl (C=O) groups is 1. The summed E-state index contributed by atoms with van der Waals surface area (Å²) in [6.07, 6.45) is 4.21. The van der Waals surface area contributed by atoms with Gasteiger partial charge in [0.05, 0.1) is 13.7 Å². The molecule has 0 fully saturated rings. The Bertz CT molecular complexity index is 733. The van der Waals surface area contributed by atoms with Crippen LogP contribution in [0.3, 0.4) is 0 Å². The third-order valence-corrected chi connectivity index (χ3v) is 4.06. The van der Waals surface area contributed by atoms with Crippen molar-refractivity contribution in [3.05, 3.63) is 64.7 Å². The van der Waals surface area contributed by atoms with Gasteiger partial charge in [0, 0.05) is 10.6 Å². The standard InChI is InChI=1S/C21H23ClO3/c1-15(2)12-13-25-18-7-4-16(5-8-18)21(23)11-6-17-14-19(24-3)9-10-20(17)22/h4-11,14-15H,12-13H2,1-3H3. The molecule has 0 amide bonds. The van der Waals surface area contributed by atoms with Crippen molar-refractivity contribution in [2.45, 2.75) is 20.3 Å². The monoisotopic (exact) mass is 358 g/mol. The molecule has 0 heterocycles. The molecule has 0 saturated carbocycles. The molecule has 0 unspecified atom stereocenters. The number of hydrogen-bond acceptors (Lipinski definition) is 3. The first-order valence-electron chi connectivity index (χ1n) is 8.28. The molecule has 4 heteroatoms. The number of allylic oxidation sites excluding steroid dienone is 1. The lowest BCUT2D eigenvalue weighted by Gasteiger charge is -2.08. The minimum Gasteiger partial charge on any atom is -0.497 e. The van der Waals surface area contributed by atoms with Crippen molar-refractivity contribution in [1.29, 1.82) is 0 Å². The van der Waals surface area contributed by atoms with Crippen molar-refractivity contribution >= 4 is 23.5 Å². The van der Waals surface area contributed by atoms with E-state index in [0.29, 0.717) is 28.9 Å². The van der Waals surface area contributed by atoms with Crippen molar-refractivity contribution in [2.75, 3.05) is 13.7 Å². The maximum Gasteiger partial charge on any atom is 0.185 e. The Kier molecular flexibility index (Phi) is 7.08. The van der Waals surface area contributed by atoms with Gasteiger partial charge in [-0.3, -0.25) is 4.79 Å². The second kappa shape index (κ2) is 9.28. The van der Waals surface area contributed by atoms with Crippen LogP contribution in [0.2, 0.25) is 5.02 Å². The molecule has 132 valence electrons. The molecule has 0 radical (unpaired) electrons. The highest BCUT2D eigenvalue weighted by molar-refractivity contribution is 6.32. The second-order valence-electron chi connectivity index (χ2n) is 6.14. The third-order valence-electron chi connectivity index (χ3n) is 3.72. The molecular formula is C21H23ClO3. The molecular weight excluding hydrogens is 336 g/mol. The van der Waals surface area contributed by atoms with Gasteiger partial charge in [0.1, 0.15) is 11.5 Å². The Morgan fingerprint density at radius 1 is 1.12 bits per heavy atom. The first-order chi connectivity index (χ1) is 12.0. The topological polar surface area (TPSA) is 35.5 Å². The van der Waals surface area contributed by atoms with Gasteiger partial charge >= 0.3 is 0 Å². The average Bonchev–Trinajstić information content (AvgIpc) is 2.61. The fraction of sp³-hybridized carbons (Fsp3) is 0.286. The quantitative estimate of drug-likeness (QED) is 0.450. The van der Waals surface area contributed by atoms with Gasteiger partial charge in [-0.05, 0) is 72.5 Å². The highest BCUT2D eigenvalue weighted by Crippen LogP contribution is 2.23. The van der Waals surface area contributed by atoms with Crippen LogP contribution in [0.15, 0.2) is 48.5 Å². The lowest BCUT2D eigenvalue weighted by molar-refractivity contribution is 0.104. The zero-order valence-electron chi connectivity index (χ0n) is 14.8. The van der Waals surface area contributed by atoms with E-state index in [1.54, 1.807) is 43.5 Å². The van der Waals surface area contributed by atoms with E-state index in [1.165, 1.54) is 6.08 Å². The molecule has 2 aromatic rings. The van der Waals surface area contributed by atoms with Gasteiger partial charge in [-0.15, -0.1) is 0 Å². The smallest absolute Gasteiger partial charge is 0.185 e. The van der Waals surface area contributed by atoms with Gasteiger partial charge in [0.2, 0.25) is 0 Å². The molecule has 0 spiro atoms. The van der Waals surface area contributed by atoms with Crippen LogP contribution < -0.4 is 9.47 Å². The summed E-state index contributed by atoms with van der Waals surface area (Å²) in [4.78, 5) is 12.3. The number of rotatable bonds is 8. The summed E-state index contributed by atoms with van der Waals surface area (Å²) in [7, 11) is 1.59. The number of halogens is 1. The zero-order valence-corrected chi connectivity index (χ0v) is 15.5. The molecule has 0 N–H and O–H groups in total. The fourth-order valence-electron chi connectivity index (χ4n) is 2.17. The predicted molar refractivity (Wildman–Crippen MR) is 103 cm³/mol. The normalized spacial score (nSPS) is 11.1. The van der Waals surface area contributed by atoms with E-state index in [4.69, 9.17) is 21.1 Å². The van der Waals surface area contributed by atoms with Gasteiger partial charge in [-0.25, -0.2) is 0 Å². The van der Waals surface area contributed by atoms with Crippen molar-refractivity contribution in [3.63, 3.8) is 0 Å².